The quantitative estimate of drug-likeness (QED) is 0.575. The van der Waals surface area contributed by atoms with Gasteiger partial charge in [-0.1, -0.05) is 0 Å². The van der Waals surface area contributed by atoms with Crippen LogP contribution < -0.4 is 0 Å². The molecule has 11 heavy (non-hydrogen) atoms. The van der Waals surface area contributed by atoms with Gasteiger partial charge in [-0.05, 0) is 0 Å². The van der Waals surface area contributed by atoms with Crippen LogP contribution in [-0.4, -0.2) is 50.1 Å². The molecule has 0 saturated carbocycles. The molecule has 0 radical (unpaired) electrons. The van der Waals surface area contributed by atoms with Crippen molar-refractivity contribution >= 4 is 11.8 Å². The van der Waals surface area contributed by atoms with Crippen molar-refractivity contribution in [1.29, 1.82) is 0 Å². The lowest BCUT2D eigenvalue weighted by atomic mass is 10.4. The fraction of sp³-hybridized carbons (Fsp3) is 1.00. The van der Waals surface area contributed by atoms with Crippen molar-refractivity contribution in [3.05, 3.63) is 0 Å². The zero-order valence-electron chi connectivity index (χ0n) is 7.08. The van der Waals surface area contributed by atoms with Crippen LogP contribution in [0, 0.1) is 0 Å². The summed E-state index contributed by atoms with van der Waals surface area (Å²) in [6.07, 6.45) is -0.346. The predicted molar refractivity (Wildman–Crippen MR) is 47.1 cm³/mol. The molecule has 0 aromatic rings. The Morgan fingerprint density at radius 1 is 1.36 bits per heavy atom. The largest absolute Gasteiger partial charge is 0.390 e. The summed E-state index contributed by atoms with van der Waals surface area (Å²) in [4.78, 5) is 0. The van der Waals surface area contributed by atoms with Crippen LogP contribution >= 0.6 is 11.8 Å². The lowest BCUT2D eigenvalue weighted by Gasteiger charge is -2.07. The van der Waals surface area contributed by atoms with Crippen molar-refractivity contribution in [3.8, 4) is 0 Å². The number of aliphatic hydroxyl groups excluding tert-OH is 1. The second-order valence-electron chi connectivity index (χ2n) is 2.18. The molecule has 68 valence electrons. The lowest BCUT2D eigenvalue weighted by molar-refractivity contribution is 0.0793. The molecule has 0 aliphatic heterocycles. The Kier molecular flexibility index (Phi) is 8.50. The minimum Gasteiger partial charge on any atom is -0.390 e. The third-order valence-corrected chi connectivity index (χ3v) is 2.18. The smallest absolute Gasteiger partial charge is 0.0863 e. The van der Waals surface area contributed by atoms with Crippen LogP contribution in [0.15, 0.2) is 0 Å². The average molecular weight is 180 g/mol. The summed E-state index contributed by atoms with van der Waals surface area (Å²) in [5, 5.41) is 9.16. The van der Waals surface area contributed by atoms with Crippen LogP contribution in [0.4, 0.5) is 0 Å². The SMILES string of the molecule is COCCSCC(O)COC. The maximum absolute atomic E-state index is 9.16. The molecule has 0 amide bonds. The summed E-state index contributed by atoms with van der Waals surface area (Å²) in [5.41, 5.74) is 0. The number of rotatable bonds is 7. The van der Waals surface area contributed by atoms with Crippen molar-refractivity contribution in [2.24, 2.45) is 0 Å². The van der Waals surface area contributed by atoms with Crippen LogP contribution in [-0.2, 0) is 9.47 Å². The van der Waals surface area contributed by atoms with Gasteiger partial charge in [0.25, 0.3) is 0 Å². The first kappa shape index (κ1) is 11.2. The summed E-state index contributed by atoms with van der Waals surface area (Å²) < 4.78 is 9.62. The molecule has 0 aliphatic carbocycles. The Morgan fingerprint density at radius 3 is 2.64 bits per heavy atom. The molecule has 0 aromatic carbocycles. The van der Waals surface area contributed by atoms with Gasteiger partial charge in [0.1, 0.15) is 0 Å². The van der Waals surface area contributed by atoms with E-state index in [1.54, 1.807) is 26.0 Å². The maximum atomic E-state index is 9.16. The van der Waals surface area contributed by atoms with Gasteiger partial charge < -0.3 is 14.6 Å². The molecule has 0 saturated heterocycles. The van der Waals surface area contributed by atoms with Crippen molar-refractivity contribution in [2.75, 3.05) is 38.9 Å². The molecule has 4 heteroatoms. The highest BCUT2D eigenvalue weighted by Gasteiger charge is 2.01. The van der Waals surface area contributed by atoms with Crippen molar-refractivity contribution in [2.45, 2.75) is 6.10 Å². The fourth-order valence-corrected chi connectivity index (χ4v) is 1.42. The normalized spacial score (nSPS) is 13.4. The van der Waals surface area contributed by atoms with Gasteiger partial charge in [0.05, 0.1) is 19.3 Å². The number of hydrogen-bond donors (Lipinski definition) is 1. The summed E-state index contributed by atoms with van der Waals surface area (Å²) in [6.45, 7) is 1.16. The molecular weight excluding hydrogens is 164 g/mol. The van der Waals surface area contributed by atoms with Gasteiger partial charge in [-0.3, -0.25) is 0 Å². The van der Waals surface area contributed by atoms with E-state index in [1.165, 1.54) is 0 Å². The third-order valence-electron chi connectivity index (χ3n) is 1.10. The zero-order chi connectivity index (χ0) is 8.53. The number of aliphatic hydroxyl groups is 1. The van der Waals surface area contributed by atoms with E-state index in [0.29, 0.717) is 6.61 Å². The van der Waals surface area contributed by atoms with E-state index in [2.05, 4.69) is 0 Å². The summed E-state index contributed by atoms with van der Waals surface area (Å²) in [6, 6.07) is 0. The molecule has 1 N–H and O–H groups in total. The van der Waals surface area contributed by atoms with E-state index < -0.39 is 0 Å². The second-order valence-corrected chi connectivity index (χ2v) is 3.33. The van der Waals surface area contributed by atoms with Gasteiger partial charge in [-0.25, -0.2) is 0 Å². The molecule has 0 fully saturated rings. The lowest BCUT2D eigenvalue weighted by Crippen LogP contribution is -2.17. The van der Waals surface area contributed by atoms with E-state index in [-0.39, 0.29) is 6.10 Å². The highest BCUT2D eigenvalue weighted by molar-refractivity contribution is 7.99. The summed E-state index contributed by atoms with van der Waals surface area (Å²) >= 11 is 1.67. The second kappa shape index (κ2) is 8.33. The summed E-state index contributed by atoms with van der Waals surface area (Å²) in [5.74, 6) is 1.65. The highest BCUT2D eigenvalue weighted by Crippen LogP contribution is 2.02. The number of methoxy groups -OCH3 is 2. The van der Waals surface area contributed by atoms with Gasteiger partial charge in [-0.15, -0.1) is 0 Å². The van der Waals surface area contributed by atoms with E-state index in [1.807, 2.05) is 0 Å². The van der Waals surface area contributed by atoms with E-state index in [9.17, 15) is 0 Å². The standard InChI is InChI=1S/C7H16O3S/c1-9-3-4-11-6-7(8)5-10-2/h7-8H,3-6H2,1-2H3. The minimum atomic E-state index is -0.346. The number of hydrogen-bond acceptors (Lipinski definition) is 4. The number of thioether (sulfide) groups is 1. The van der Waals surface area contributed by atoms with Gasteiger partial charge in [0.2, 0.25) is 0 Å². The van der Waals surface area contributed by atoms with Gasteiger partial charge in [0.15, 0.2) is 0 Å². The van der Waals surface area contributed by atoms with Gasteiger partial charge in [0, 0.05) is 25.7 Å². The van der Waals surface area contributed by atoms with Crippen LogP contribution in [0.5, 0.6) is 0 Å². The molecule has 0 heterocycles. The maximum Gasteiger partial charge on any atom is 0.0863 e. The van der Waals surface area contributed by atoms with Gasteiger partial charge in [-0.2, -0.15) is 11.8 Å². The molecule has 0 bridgehead atoms. The average Bonchev–Trinajstić information content (AvgIpc) is 1.99. The Bertz CT molecular complexity index is 80.1. The van der Waals surface area contributed by atoms with Crippen LogP contribution in [0.2, 0.25) is 0 Å². The Labute approximate surface area is 72.1 Å². The van der Waals surface area contributed by atoms with E-state index in [4.69, 9.17) is 14.6 Å². The molecule has 0 rings (SSSR count). The molecule has 1 unspecified atom stereocenters. The highest BCUT2D eigenvalue weighted by atomic mass is 32.2. The third kappa shape index (κ3) is 8.13. The first-order valence-electron chi connectivity index (χ1n) is 3.55. The Morgan fingerprint density at radius 2 is 2.09 bits per heavy atom. The number of ether oxygens (including phenoxy) is 2. The van der Waals surface area contributed by atoms with Crippen molar-refractivity contribution in [1.82, 2.24) is 0 Å². The monoisotopic (exact) mass is 180 g/mol. The summed E-state index contributed by atoms with van der Waals surface area (Å²) in [7, 11) is 3.26. The first-order chi connectivity index (χ1) is 5.31. The molecule has 3 nitrogen and oxygen atoms in total. The Balaban J connectivity index is 2.97. The van der Waals surface area contributed by atoms with Crippen molar-refractivity contribution in [3.63, 3.8) is 0 Å². The molecule has 0 aromatic heterocycles. The molecule has 0 spiro atoms. The molecule has 1 atom stereocenters. The molecule has 0 aliphatic rings. The fourth-order valence-electron chi connectivity index (χ4n) is 0.602. The van der Waals surface area contributed by atoms with Crippen LogP contribution in [0.25, 0.3) is 0 Å². The van der Waals surface area contributed by atoms with Gasteiger partial charge >= 0.3 is 0 Å². The zero-order valence-corrected chi connectivity index (χ0v) is 7.89. The van der Waals surface area contributed by atoms with Crippen molar-refractivity contribution < 1.29 is 14.6 Å². The first-order valence-corrected chi connectivity index (χ1v) is 4.70. The predicted octanol–water partition coefficient (Wildman–Crippen LogP) is 0.373. The van der Waals surface area contributed by atoms with E-state index >= 15 is 0 Å². The van der Waals surface area contributed by atoms with Crippen LogP contribution in [0.1, 0.15) is 0 Å². The molecular formula is C7H16O3S. The van der Waals surface area contributed by atoms with Crippen LogP contribution in [0.3, 0.4) is 0 Å². The minimum absolute atomic E-state index is 0.346. The topological polar surface area (TPSA) is 38.7 Å². The Hall–Kier alpha value is 0.230. The van der Waals surface area contributed by atoms with E-state index in [0.717, 1.165) is 18.1 Å².